The van der Waals surface area contributed by atoms with E-state index in [0.29, 0.717) is 11.4 Å². The lowest BCUT2D eigenvalue weighted by Gasteiger charge is -2.08. The molecule has 0 aliphatic rings. The van der Waals surface area contributed by atoms with E-state index in [4.69, 9.17) is 5.73 Å². The number of benzene rings is 1. The van der Waals surface area contributed by atoms with Gasteiger partial charge in [0.1, 0.15) is 0 Å². The molecule has 0 aliphatic heterocycles. The van der Waals surface area contributed by atoms with E-state index in [2.05, 4.69) is 28.2 Å². The van der Waals surface area contributed by atoms with Crippen molar-refractivity contribution in [2.45, 2.75) is 6.92 Å². The predicted molar refractivity (Wildman–Crippen MR) is 79.2 cm³/mol. The Labute approximate surface area is 120 Å². The number of thiocarbonyl (C=S) groups is 1. The van der Waals surface area contributed by atoms with Gasteiger partial charge in [-0.3, -0.25) is 14.4 Å². The summed E-state index contributed by atoms with van der Waals surface area (Å²) in [5, 5.41) is 7.22. The quantitative estimate of drug-likeness (QED) is 0.460. The van der Waals surface area contributed by atoms with Gasteiger partial charge in [-0.1, -0.05) is 18.3 Å². The summed E-state index contributed by atoms with van der Waals surface area (Å²) in [6, 6.07) is 6.40. The van der Waals surface area contributed by atoms with Crippen molar-refractivity contribution < 1.29 is 14.4 Å². The second kappa shape index (κ2) is 7.19. The van der Waals surface area contributed by atoms with E-state index in [-0.39, 0.29) is 17.4 Å². The largest absolute Gasteiger partial charge is 0.392 e. The minimum absolute atomic E-state index is 0.0481. The molecule has 0 saturated heterocycles. The van der Waals surface area contributed by atoms with Gasteiger partial charge in [-0.15, -0.1) is 0 Å². The molecule has 5 N–H and O–H groups in total. The van der Waals surface area contributed by atoms with Crippen LogP contribution in [0.1, 0.15) is 6.92 Å². The van der Waals surface area contributed by atoms with Gasteiger partial charge in [-0.25, -0.2) is 0 Å². The monoisotopic (exact) mass is 294 g/mol. The standard InChI is InChI=1S/C12H14N4O3S/c1-7(17)15-8-3-2-4-9(5-8)16-12(19)11(18)14-6-10(13)20/h2-5H,6H2,1H3,(H2,13,20)(H,14,18)(H,15,17)(H,16,19). The predicted octanol–water partition coefficient (Wildman–Crippen LogP) is -0.0142. The second-order valence-electron chi connectivity index (χ2n) is 3.87. The molecule has 20 heavy (non-hydrogen) atoms. The number of anilines is 2. The zero-order chi connectivity index (χ0) is 15.1. The fourth-order valence-corrected chi connectivity index (χ4v) is 1.39. The Balaban J connectivity index is 2.63. The number of nitrogens with two attached hydrogens (primary N) is 1. The summed E-state index contributed by atoms with van der Waals surface area (Å²) in [6.45, 7) is 1.32. The summed E-state index contributed by atoms with van der Waals surface area (Å²) in [6.07, 6.45) is 0. The minimum Gasteiger partial charge on any atom is -0.392 e. The normalized spacial score (nSPS) is 9.45. The van der Waals surface area contributed by atoms with Crippen LogP contribution >= 0.6 is 12.2 Å². The van der Waals surface area contributed by atoms with Crippen molar-refractivity contribution in [1.29, 1.82) is 0 Å². The van der Waals surface area contributed by atoms with Gasteiger partial charge >= 0.3 is 11.8 Å². The maximum Gasteiger partial charge on any atom is 0.313 e. The number of carbonyl (C=O) groups is 3. The molecule has 0 fully saturated rings. The van der Waals surface area contributed by atoms with Crippen molar-refractivity contribution in [3.05, 3.63) is 24.3 Å². The van der Waals surface area contributed by atoms with Crippen LogP contribution < -0.4 is 21.7 Å². The molecule has 3 amide bonds. The second-order valence-corrected chi connectivity index (χ2v) is 4.39. The van der Waals surface area contributed by atoms with Gasteiger partial charge < -0.3 is 21.7 Å². The molecule has 7 nitrogen and oxygen atoms in total. The number of rotatable bonds is 4. The van der Waals surface area contributed by atoms with Gasteiger partial charge in [-0.2, -0.15) is 0 Å². The smallest absolute Gasteiger partial charge is 0.313 e. The van der Waals surface area contributed by atoms with E-state index in [0.717, 1.165) is 0 Å². The van der Waals surface area contributed by atoms with Crippen LogP contribution in [0.25, 0.3) is 0 Å². The molecule has 0 spiro atoms. The molecule has 0 heterocycles. The molecule has 0 radical (unpaired) electrons. The number of hydrogen-bond acceptors (Lipinski definition) is 4. The Morgan fingerprint density at radius 1 is 1.15 bits per heavy atom. The van der Waals surface area contributed by atoms with Gasteiger partial charge in [-0.05, 0) is 18.2 Å². The first-order chi connectivity index (χ1) is 9.38. The fraction of sp³-hybridized carbons (Fsp3) is 0.167. The van der Waals surface area contributed by atoms with Crippen LogP contribution in [0.15, 0.2) is 24.3 Å². The summed E-state index contributed by atoms with van der Waals surface area (Å²) in [5.41, 5.74) is 6.10. The van der Waals surface area contributed by atoms with Gasteiger partial charge in [0.05, 0.1) is 11.5 Å². The molecule has 1 aromatic rings. The van der Waals surface area contributed by atoms with E-state index < -0.39 is 11.8 Å². The number of amides is 3. The molecule has 1 aromatic carbocycles. The number of carbonyl (C=O) groups excluding carboxylic acids is 3. The Kier molecular flexibility index (Phi) is 5.60. The summed E-state index contributed by atoms with van der Waals surface area (Å²) in [4.78, 5) is 34.0. The van der Waals surface area contributed by atoms with Crippen LogP contribution in [0.5, 0.6) is 0 Å². The molecule has 0 saturated carbocycles. The van der Waals surface area contributed by atoms with Crippen LogP contribution in [-0.4, -0.2) is 29.3 Å². The number of nitrogens with one attached hydrogen (secondary N) is 3. The highest BCUT2D eigenvalue weighted by Crippen LogP contribution is 2.14. The SMILES string of the molecule is CC(=O)Nc1cccc(NC(=O)C(=O)NCC(N)=S)c1. The molecule has 106 valence electrons. The molecule has 1 rings (SSSR count). The molecular formula is C12H14N4O3S. The van der Waals surface area contributed by atoms with E-state index in [1.165, 1.54) is 13.0 Å². The van der Waals surface area contributed by atoms with Crippen LogP contribution in [0, 0.1) is 0 Å². The van der Waals surface area contributed by atoms with Gasteiger partial charge in [0, 0.05) is 18.3 Å². The lowest BCUT2D eigenvalue weighted by molar-refractivity contribution is -0.135. The third-order valence-electron chi connectivity index (χ3n) is 2.07. The first-order valence-corrected chi connectivity index (χ1v) is 6.04. The third kappa shape index (κ3) is 5.44. The Bertz CT molecular complexity index is 559. The molecule has 0 bridgehead atoms. The van der Waals surface area contributed by atoms with Gasteiger partial charge in [0.25, 0.3) is 0 Å². The van der Waals surface area contributed by atoms with E-state index >= 15 is 0 Å². The fourth-order valence-electron chi connectivity index (χ4n) is 1.31. The van der Waals surface area contributed by atoms with Crippen LogP contribution in [0.2, 0.25) is 0 Å². The molecule has 0 aromatic heterocycles. The summed E-state index contributed by atoms with van der Waals surface area (Å²) in [5.74, 6) is -1.92. The number of hydrogen-bond donors (Lipinski definition) is 4. The minimum atomic E-state index is -0.846. The highest BCUT2D eigenvalue weighted by atomic mass is 32.1. The van der Waals surface area contributed by atoms with Gasteiger partial charge in [0.15, 0.2) is 0 Å². The highest BCUT2D eigenvalue weighted by molar-refractivity contribution is 7.80. The maximum absolute atomic E-state index is 11.6. The van der Waals surface area contributed by atoms with Crippen LogP contribution in [0.3, 0.4) is 0 Å². The topological polar surface area (TPSA) is 113 Å². The molecule has 8 heteroatoms. The van der Waals surface area contributed by atoms with Crippen molar-refractivity contribution in [1.82, 2.24) is 5.32 Å². The van der Waals surface area contributed by atoms with Crippen molar-refractivity contribution in [3.8, 4) is 0 Å². The highest BCUT2D eigenvalue weighted by Gasteiger charge is 2.13. The molecule has 0 unspecified atom stereocenters. The average molecular weight is 294 g/mol. The average Bonchev–Trinajstić information content (AvgIpc) is 2.35. The third-order valence-corrected chi connectivity index (χ3v) is 2.21. The first-order valence-electron chi connectivity index (χ1n) is 5.63. The van der Waals surface area contributed by atoms with E-state index in [9.17, 15) is 14.4 Å². The van der Waals surface area contributed by atoms with Crippen LogP contribution in [0.4, 0.5) is 11.4 Å². The zero-order valence-corrected chi connectivity index (χ0v) is 11.5. The Hall–Kier alpha value is -2.48. The van der Waals surface area contributed by atoms with Crippen molar-refractivity contribution in [2.75, 3.05) is 17.2 Å². The Morgan fingerprint density at radius 2 is 1.75 bits per heavy atom. The maximum atomic E-state index is 11.6. The van der Waals surface area contributed by atoms with Crippen LogP contribution in [-0.2, 0) is 14.4 Å². The summed E-state index contributed by atoms with van der Waals surface area (Å²) >= 11 is 4.58. The van der Waals surface area contributed by atoms with E-state index in [1.54, 1.807) is 18.2 Å². The van der Waals surface area contributed by atoms with Gasteiger partial charge in [0.2, 0.25) is 5.91 Å². The summed E-state index contributed by atoms with van der Waals surface area (Å²) in [7, 11) is 0. The zero-order valence-electron chi connectivity index (χ0n) is 10.7. The van der Waals surface area contributed by atoms with E-state index in [1.807, 2.05) is 0 Å². The molecular weight excluding hydrogens is 280 g/mol. The molecule has 0 atom stereocenters. The van der Waals surface area contributed by atoms with Crippen molar-refractivity contribution >= 4 is 46.3 Å². The lowest BCUT2D eigenvalue weighted by Crippen LogP contribution is -2.39. The van der Waals surface area contributed by atoms with Crippen molar-refractivity contribution in [3.63, 3.8) is 0 Å². The summed E-state index contributed by atoms with van der Waals surface area (Å²) < 4.78 is 0. The first kappa shape index (κ1) is 15.6. The van der Waals surface area contributed by atoms with Crippen molar-refractivity contribution in [2.24, 2.45) is 5.73 Å². The Morgan fingerprint density at radius 3 is 2.30 bits per heavy atom. The molecule has 0 aliphatic carbocycles. The lowest BCUT2D eigenvalue weighted by atomic mass is 10.2.